The first-order valence-corrected chi connectivity index (χ1v) is 9.95. The van der Waals surface area contributed by atoms with E-state index in [4.69, 9.17) is 4.74 Å². The first kappa shape index (κ1) is 18.9. The van der Waals surface area contributed by atoms with E-state index in [9.17, 15) is 4.79 Å². The molecule has 0 aromatic heterocycles. The summed E-state index contributed by atoms with van der Waals surface area (Å²) >= 11 is 2.09. The van der Waals surface area contributed by atoms with Crippen molar-refractivity contribution in [2.24, 2.45) is 0 Å². The average Bonchev–Trinajstić information content (AvgIpc) is 2.48. The van der Waals surface area contributed by atoms with E-state index in [1.165, 1.54) is 18.6 Å². The van der Waals surface area contributed by atoms with Gasteiger partial charge in [0.2, 0.25) is 0 Å². The van der Waals surface area contributed by atoms with Crippen LogP contribution in [0.2, 0.25) is 0 Å². The Morgan fingerprint density at radius 2 is 1.96 bits per heavy atom. The van der Waals surface area contributed by atoms with Crippen LogP contribution in [-0.2, 0) is 4.74 Å². The fraction of sp³-hybridized carbons (Fsp3) is 0.941. The molecule has 2 fully saturated rings. The number of carbonyl (C=O) groups excluding carboxylic acids is 1. The fourth-order valence-corrected chi connectivity index (χ4v) is 4.25. The van der Waals surface area contributed by atoms with Crippen molar-refractivity contribution in [2.45, 2.75) is 57.4 Å². The van der Waals surface area contributed by atoms with Gasteiger partial charge in [-0.2, -0.15) is 11.8 Å². The maximum atomic E-state index is 12.0. The highest BCUT2D eigenvalue weighted by Gasteiger charge is 2.26. The van der Waals surface area contributed by atoms with Gasteiger partial charge in [0.25, 0.3) is 0 Å². The van der Waals surface area contributed by atoms with Crippen LogP contribution in [0, 0.1) is 0 Å². The Kier molecular flexibility index (Phi) is 7.04. The van der Waals surface area contributed by atoms with Crippen LogP contribution in [0.15, 0.2) is 0 Å². The number of nitrogens with one attached hydrogen (secondary N) is 1. The SMILES string of the molecule is CC1SCCCC1NCCN1CCN(C(=O)OC(C)(C)C)CC1. The number of hydrogen-bond acceptors (Lipinski definition) is 5. The van der Waals surface area contributed by atoms with Crippen molar-refractivity contribution >= 4 is 17.9 Å². The summed E-state index contributed by atoms with van der Waals surface area (Å²) in [6.07, 6.45) is 2.46. The lowest BCUT2D eigenvalue weighted by atomic mass is 10.1. The molecule has 2 rings (SSSR count). The smallest absolute Gasteiger partial charge is 0.410 e. The topological polar surface area (TPSA) is 44.8 Å². The van der Waals surface area contributed by atoms with Crippen LogP contribution in [0.3, 0.4) is 0 Å². The summed E-state index contributed by atoms with van der Waals surface area (Å²) in [5, 5.41) is 4.45. The van der Waals surface area contributed by atoms with E-state index < -0.39 is 5.60 Å². The van der Waals surface area contributed by atoms with E-state index in [0.29, 0.717) is 6.04 Å². The molecule has 0 spiro atoms. The zero-order valence-electron chi connectivity index (χ0n) is 15.1. The van der Waals surface area contributed by atoms with Gasteiger partial charge in [0.15, 0.2) is 0 Å². The van der Waals surface area contributed by atoms with Crippen LogP contribution in [0.25, 0.3) is 0 Å². The molecule has 2 atom stereocenters. The van der Waals surface area contributed by atoms with Crippen LogP contribution in [0.4, 0.5) is 4.79 Å². The number of ether oxygens (including phenoxy) is 1. The van der Waals surface area contributed by atoms with Crippen molar-refractivity contribution < 1.29 is 9.53 Å². The Morgan fingerprint density at radius 3 is 2.57 bits per heavy atom. The Labute approximate surface area is 145 Å². The Bertz CT molecular complexity index is 379. The summed E-state index contributed by atoms with van der Waals surface area (Å²) in [5.74, 6) is 1.31. The highest BCUT2D eigenvalue weighted by molar-refractivity contribution is 7.99. The molecule has 1 N–H and O–H groups in total. The summed E-state index contributed by atoms with van der Waals surface area (Å²) in [4.78, 5) is 16.3. The lowest BCUT2D eigenvalue weighted by Crippen LogP contribution is -2.52. The van der Waals surface area contributed by atoms with Gasteiger partial charge in [-0.15, -0.1) is 0 Å². The Balaban J connectivity index is 1.62. The maximum absolute atomic E-state index is 12.0. The summed E-state index contributed by atoms with van der Waals surface area (Å²) in [6, 6.07) is 0.664. The Morgan fingerprint density at radius 1 is 1.26 bits per heavy atom. The largest absolute Gasteiger partial charge is 0.444 e. The molecule has 134 valence electrons. The normalized spacial score (nSPS) is 27.0. The monoisotopic (exact) mass is 343 g/mol. The molecular weight excluding hydrogens is 310 g/mol. The highest BCUT2D eigenvalue weighted by Crippen LogP contribution is 2.24. The Hall–Kier alpha value is -0.460. The van der Waals surface area contributed by atoms with Crippen molar-refractivity contribution in [1.82, 2.24) is 15.1 Å². The number of thioether (sulfide) groups is 1. The molecule has 0 bridgehead atoms. The molecule has 0 aliphatic carbocycles. The van der Waals surface area contributed by atoms with Crippen LogP contribution >= 0.6 is 11.8 Å². The molecule has 1 amide bonds. The van der Waals surface area contributed by atoms with Crippen LogP contribution < -0.4 is 5.32 Å². The predicted molar refractivity (Wildman–Crippen MR) is 97.2 cm³/mol. The van der Waals surface area contributed by atoms with Gasteiger partial charge < -0.3 is 15.0 Å². The number of hydrogen-bond donors (Lipinski definition) is 1. The third kappa shape index (κ3) is 6.51. The summed E-state index contributed by atoms with van der Waals surface area (Å²) < 4.78 is 5.44. The van der Waals surface area contributed by atoms with Gasteiger partial charge >= 0.3 is 6.09 Å². The third-order valence-corrected chi connectivity index (χ3v) is 5.84. The van der Waals surface area contributed by atoms with E-state index in [-0.39, 0.29) is 6.09 Å². The summed E-state index contributed by atoms with van der Waals surface area (Å²) in [6.45, 7) is 13.6. The number of rotatable bonds is 4. The average molecular weight is 344 g/mol. The van der Waals surface area contributed by atoms with Crippen molar-refractivity contribution in [2.75, 3.05) is 45.0 Å². The van der Waals surface area contributed by atoms with E-state index in [0.717, 1.165) is 44.5 Å². The second-order valence-corrected chi connectivity index (χ2v) is 9.07. The van der Waals surface area contributed by atoms with Gasteiger partial charge in [-0.3, -0.25) is 4.90 Å². The van der Waals surface area contributed by atoms with Gasteiger partial charge in [0.05, 0.1) is 0 Å². The second-order valence-electron chi connectivity index (χ2n) is 7.59. The molecule has 2 aliphatic rings. The molecule has 6 heteroatoms. The number of piperazine rings is 1. The first-order valence-electron chi connectivity index (χ1n) is 8.90. The van der Waals surface area contributed by atoms with Crippen LogP contribution in [0.1, 0.15) is 40.5 Å². The molecule has 0 radical (unpaired) electrons. The van der Waals surface area contributed by atoms with Gasteiger partial charge in [-0.25, -0.2) is 4.79 Å². The van der Waals surface area contributed by atoms with Crippen LogP contribution in [0.5, 0.6) is 0 Å². The molecule has 2 heterocycles. The van der Waals surface area contributed by atoms with Gasteiger partial charge in [-0.05, 0) is 39.4 Å². The zero-order chi connectivity index (χ0) is 16.9. The highest BCUT2D eigenvalue weighted by atomic mass is 32.2. The number of carbonyl (C=O) groups is 1. The van der Waals surface area contributed by atoms with Crippen molar-refractivity contribution in [3.05, 3.63) is 0 Å². The predicted octanol–water partition coefficient (Wildman–Crippen LogP) is 2.41. The lowest BCUT2D eigenvalue weighted by molar-refractivity contribution is 0.0146. The molecule has 23 heavy (non-hydrogen) atoms. The minimum absolute atomic E-state index is 0.177. The first-order chi connectivity index (χ1) is 10.8. The van der Waals surface area contributed by atoms with E-state index in [1.807, 2.05) is 25.7 Å². The third-order valence-electron chi connectivity index (χ3n) is 4.47. The van der Waals surface area contributed by atoms with E-state index in [1.54, 1.807) is 0 Å². The minimum Gasteiger partial charge on any atom is -0.444 e. The fourth-order valence-electron chi connectivity index (χ4n) is 3.08. The quantitative estimate of drug-likeness (QED) is 0.849. The molecule has 0 aromatic carbocycles. The van der Waals surface area contributed by atoms with E-state index in [2.05, 4.69) is 28.9 Å². The second kappa shape index (κ2) is 8.58. The lowest BCUT2D eigenvalue weighted by Gasteiger charge is -2.36. The molecular formula is C17H33N3O2S. The number of amides is 1. The van der Waals surface area contributed by atoms with Crippen LogP contribution in [-0.4, -0.2) is 77.8 Å². The van der Waals surface area contributed by atoms with Gasteiger partial charge in [0, 0.05) is 50.6 Å². The van der Waals surface area contributed by atoms with Crippen molar-refractivity contribution in [3.63, 3.8) is 0 Å². The van der Waals surface area contributed by atoms with Crippen molar-refractivity contribution in [3.8, 4) is 0 Å². The molecule has 5 nitrogen and oxygen atoms in total. The van der Waals surface area contributed by atoms with Gasteiger partial charge in [-0.1, -0.05) is 6.92 Å². The minimum atomic E-state index is -0.410. The number of nitrogens with zero attached hydrogens (tertiary/aromatic N) is 2. The molecule has 0 saturated carbocycles. The van der Waals surface area contributed by atoms with Gasteiger partial charge in [0.1, 0.15) is 5.60 Å². The van der Waals surface area contributed by atoms with E-state index >= 15 is 0 Å². The standard InChI is InChI=1S/C17H33N3O2S/c1-14-15(6-5-13-23-14)18-7-8-19-9-11-20(12-10-19)16(21)22-17(2,3)4/h14-15,18H,5-13H2,1-4H3. The summed E-state index contributed by atoms with van der Waals surface area (Å²) in [5.41, 5.74) is -0.410. The molecule has 2 unspecified atom stereocenters. The maximum Gasteiger partial charge on any atom is 0.410 e. The van der Waals surface area contributed by atoms with Crippen molar-refractivity contribution in [1.29, 1.82) is 0 Å². The molecule has 2 aliphatic heterocycles. The zero-order valence-corrected chi connectivity index (χ0v) is 16.0. The molecule has 0 aromatic rings. The molecule has 2 saturated heterocycles. The summed E-state index contributed by atoms with van der Waals surface area (Å²) in [7, 11) is 0.